The molecule has 1 amide bonds. The summed E-state index contributed by atoms with van der Waals surface area (Å²) in [5.41, 5.74) is 4.92. The molecule has 2 N–H and O–H groups in total. The molecule has 0 radical (unpaired) electrons. The molecule has 1 fully saturated rings. The second-order valence-electron chi connectivity index (χ2n) is 7.89. The predicted molar refractivity (Wildman–Crippen MR) is 125 cm³/mol. The summed E-state index contributed by atoms with van der Waals surface area (Å²) < 4.78 is 0. The van der Waals surface area contributed by atoms with Crippen LogP contribution in [0.3, 0.4) is 0 Å². The summed E-state index contributed by atoms with van der Waals surface area (Å²) in [5.74, 6) is -0.504. The van der Waals surface area contributed by atoms with Gasteiger partial charge in [-0.15, -0.1) is 0 Å². The van der Waals surface area contributed by atoms with Crippen LogP contribution in [-0.4, -0.2) is 40.9 Å². The minimum Gasteiger partial charge on any atom is -0.392 e. The van der Waals surface area contributed by atoms with Crippen LogP contribution in [0.1, 0.15) is 31.4 Å². The number of aliphatic hydroxyl groups is 1. The Kier molecular flexibility index (Phi) is 6.74. The second-order valence-corrected chi connectivity index (χ2v) is 9.17. The van der Waals surface area contributed by atoms with Gasteiger partial charge in [0.05, 0.1) is 22.9 Å². The van der Waals surface area contributed by atoms with E-state index in [0.29, 0.717) is 39.6 Å². The molecule has 0 spiro atoms. The van der Waals surface area contributed by atoms with Gasteiger partial charge in [-0.3, -0.25) is 15.2 Å². The summed E-state index contributed by atoms with van der Waals surface area (Å²) >= 11 is 18.6. The Labute approximate surface area is 196 Å². The summed E-state index contributed by atoms with van der Waals surface area (Å²) in [7, 11) is 0. The minimum atomic E-state index is -0.442. The normalized spacial score (nSPS) is 24.2. The van der Waals surface area contributed by atoms with Crippen molar-refractivity contribution in [2.75, 3.05) is 18.1 Å². The van der Waals surface area contributed by atoms with Gasteiger partial charge in [0.25, 0.3) is 5.91 Å². The molecule has 2 aromatic rings. The fourth-order valence-corrected chi connectivity index (χ4v) is 4.72. The molecule has 2 aliphatic heterocycles. The molecule has 6 nitrogen and oxygen atoms in total. The zero-order valence-electron chi connectivity index (χ0n) is 16.9. The zero-order chi connectivity index (χ0) is 22.1. The van der Waals surface area contributed by atoms with E-state index in [1.54, 1.807) is 28.2 Å². The van der Waals surface area contributed by atoms with Gasteiger partial charge < -0.3 is 5.11 Å². The maximum atomic E-state index is 13.1. The third-order valence-corrected chi connectivity index (χ3v) is 6.43. The molecule has 2 heterocycles. The van der Waals surface area contributed by atoms with E-state index in [1.165, 1.54) is 0 Å². The van der Waals surface area contributed by atoms with Crippen molar-refractivity contribution in [1.29, 1.82) is 0 Å². The van der Waals surface area contributed by atoms with Crippen LogP contribution < -0.4 is 10.4 Å². The Morgan fingerprint density at radius 1 is 1.13 bits per heavy atom. The Morgan fingerprint density at radius 3 is 2.52 bits per heavy atom. The third kappa shape index (κ3) is 4.83. The van der Waals surface area contributed by atoms with Crippen molar-refractivity contribution in [3.8, 4) is 0 Å². The predicted octanol–water partition coefficient (Wildman–Crippen LogP) is 4.69. The van der Waals surface area contributed by atoms with Crippen LogP contribution in [0.5, 0.6) is 0 Å². The van der Waals surface area contributed by atoms with Crippen LogP contribution in [0, 0.1) is 5.92 Å². The summed E-state index contributed by atoms with van der Waals surface area (Å²) in [6, 6.07) is 12.4. The minimum absolute atomic E-state index is 0.220. The maximum Gasteiger partial charge on any atom is 0.282 e. The van der Waals surface area contributed by atoms with Crippen LogP contribution in [0.4, 0.5) is 5.69 Å². The quantitative estimate of drug-likeness (QED) is 0.665. The Morgan fingerprint density at radius 2 is 1.84 bits per heavy atom. The summed E-state index contributed by atoms with van der Waals surface area (Å²) in [5, 5.41) is 19.7. The van der Waals surface area contributed by atoms with Gasteiger partial charge in [-0.2, -0.15) is 5.10 Å². The number of hydrogen-bond acceptors (Lipinski definition) is 5. The molecule has 1 saturated heterocycles. The molecule has 164 valence electrons. The zero-order valence-corrected chi connectivity index (χ0v) is 19.2. The van der Waals surface area contributed by atoms with Crippen molar-refractivity contribution in [2.45, 2.75) is 31.9 Å². The van der Waals surface area contributed by atoms with E-state index in [0.717, 1.165) is 18.4 Å². The van der Waals surface area contributed by atoms with Gasteiger partial charge in [-0.25, -0.2) is 5.01 Å². The molecule has 0 bridgehead atoms. The highest BCUT2D eigenvalue weighted by atomic mass is 35.5. The first-order valence-corrected chi connectivity index (χ1v) is 11.3. The molecule has 2 aromatic carbocycles. The average molecular weight is 482 g/mol. The number of carbonyl (C=O) groups is 1. The van der Waals surface area contributed by atoms with Crippen LogP contribution >= 0.6 is 34.8 Å². The molecule has 2 aliphatic rings. The number of nitrogens with one attached hydrogen (secondary N) is 1. The number of benzene rings is 2. The molecular formula is C22H23Cl3N4O2. The lowest BCUT2D eigenvalue weighted by Gasteiger charge is -2.30. The number of halogens is 3. The number of carbonyl (C=O) groups excluding carboxylic acids is 1. The van der Waals surface area contributed by atoms with Crippen molar-refractivity contribution in [3.05, 3.63) is 63.1 Å². The van der Waals surface area contributed by atoms with Gasteiger partial charge >= 0.3 is 0 Å². The van der Waals surface area contributed by atoms with Gasteiger partial charge in [0.15, 0.2) is 0 Å². The number of nitrogens with zero attached hydrogens (tertiary/aromatic N) is 3. The van der Waals surface area contributed by atoms with Gasteiger partial charge in [-0.1, -0.05) is 53.9 Å². The molecule has 0 aliphatic carbocycles. The topological polar surface area (TPSA) is 68.2 Å². The molecule has 3 atom stereocenters. The van der Waals surface area contributed by atoms with E-state index in [9.17, 15) is 9.90 Å². The Hall–Kier alpha value is -1.83. The second kappa shape index (κ2) is 9.35. The van der Waals surface area contributed by atoms with Crippen molar-refractivity contribution in [3.63, 3.8) is 0 Å². The van der Waals surface area contributed by atoms with E-state index in [4.69, 9.17) is 34.8 Å². The van der Waals surface area contributed by atoms with Crippen molar-refractivity contribution < 1.29 is 9.90 Å². The lowest BCUT2D eigenvalue weighted by molar-refractivity contribution is -0.120. The highest BCUT2D eigenvalue weighted by Crippen LogP contribution is 2.42. The summed E-state index contributed by atoms with van der Waals surface area (Å²) in [6.07, 6.45) is 1.12. The van der Waals surface area contributed by atoms with E-state index in [1.807, 2.05) is 31.2 Å². The third-order valence-electron chi connectivity index (χ3n) is 5.64. The Bertz CT molecular complexity index is 999. The van der Waals surface area contributed by atoms with Gasteiger partial charge in [0.2, 0.25) is 0 Å². The monoisotopic (exact) mass is 480 g/mol. The number of hydrogen-bond donors (Lipinski definition) is 2. The molecule has 4 rings (SSSR count). The number of hydrazone groups is 1. The fourth-order valence-electron chi connectivity index (χ4n) is 4.10. The van der Waals surface area contributed by atoms with E-state index < -0.39 is 6.10 Å². The molecule has 1 unspecified atom stereocenters. The Balaban J connectivity index is 1.67. The first-order chi connectivity index (χ1) is 14.8. The smallest absolute Gasteiger partial charge is 0.282 e. The fraction of sp³-hybridized carbons (Fsp3) is 0.364. The standard InChI is InChI=1S/C22H23Cl3N4O2/c1-13-20(22(31)27-28-10-2-3-17(30)12-28)26-29(19-9-8-16(24)11-18(19)25)21(13)14-4-6-15(23)7-5-14/h4-9,11,13,17,21,30H,2-3,10,12H2,1H3,(H,27,31)/t13-,17?,21+/m0/s1. The number of amides is 1. The van der Waals surface area contributed by atoms with Crippen LogP contribution in [0.15, 0.2) is 47.6 Å². The molecular weight excluding hydrogens is 459 g/mol. The number of aliphatic hydroxyl groups excluding tert-OH is 1. The number of hydrazine groups is 1. The molecule has 0 saturated carbocycles. The number of piperidine rings is 1. The van der Waals surface area contributed by atoms with Crippen molar-refractivity contribution in [1.82, 2.24) is 10.4 Å². The lowest BCUT2D eigenvalue weighted by Crippen LogP contribution is -2.51. The number of rotatable bonds is 4. The van der Waals surface area contributed by atoms with Crippen LogP contribution in [0.25, 0.3) is 0 Å². The van der Waals surface area contributed by atoms with Crippen molar-refractivity contribution >= 4 is 52.1 Å². The molecule has 0 aromatic heterocycles. The van der Waals surface area contributed by atoms with Gasteiger partial charge in [-0.05, 0) is 48.7 Å². The highest BCUT2D eigenvalue weighted by Gasteiger charge is 2.40. The lowest BCUT2D eigenvalue weighted by atomic mass is 9.91. The number of anilines is 1. The summed E-state index contributed by atoms with van der Waals surface area (Å²) in [4.78, 5) is 13.1. The van der Waals surface area contributed by atoms with E-state index in [-0.39, 0.29) is 17.9 Å². The SMILES string of the molecule is C[C@H]1C(C(=O)NN2CCCC(O)C2)=NN(c2ccc(Cl)cc2Cl)[C@H]1c1ccc(Cl)cc1. The maximum absolute atomic E-state index is 13.1. The van der Waals surface area contributed by atoms with Gasteiger partial charge in [0.1, 0.15) is 5.71 Å². The number of β-amino-alcohol motifs (C(OH)–C–C–N with tert-alkyl or cyclic N) is 1. The average Bonchev–Trinajstić information content (AvgIpc) is 3.06. The summed E-state index contributed by atoms with van der Waals surface area (Å²) in [6.45, 7) is 3.06. The first kappa shape index (κ1) is 22.4. The van der Waals surface area contributed by atoms with Crippen molar-refractivity contribution in [2.24, 2.45) is 11.0 Å². The highest BCUT2D eigenvalue weighted by molar-refractivity contribution is 6.41. The van der Waals surface area contributed by atoms with E-state index >= 15 is 0 Å². The van der Waals surface area contributed by atoms with Crippen LogP contribution in [0.2, 0.25) is 15.1 Å². The molecule has 9 heteroatoms. The molecule has 31 heavy (non-hydrogen) atoms. The van der Waals surface area contributed by atoms with Gasteiger partial charge in [0, 0.05) is 29.1 Å². The van der Waals surface area contributed by atoms with Crippen LogP contribution in [-0.2, 0) is 4.79 Å². The largest absolute Gasteiger partial charge is 0.392 e. The first-order valence-electron chi connectivity index (χ1n) is 10.2. The van der Waals surface area contributed by atoms with E-state index in [2.05, 4.69) is 10.5 Å².